The van der Waals surface area contributed by atoms with Crippen LogP contribution in [0.25, 0.3) is 21.8 Å². The molecule has 8 nitrogen and oxygen atoms in total. The summed E-state index contributed by atoms with van der Waals surface area (Å²) in [4.78, 5) is 17.8. The molecule has 0 bridgehead atoms. The Hall–Kier alpha value is -3.59. The lowest BCUT2D eigenvalue weighted by Gasteiger charge is -2.35. The van der Waals surface area contributed by atoms with Crippen molar-refractivity contribution < 1.29 is 13.9 Å². The van der Waals surface area contributed by atoms with Crippen LogP contribution in [-0.2, 0) is 13.7 Å². The van der Waals surface area contributed by atoms with E-state index in [2.05, 4.69) is 14.9 Å². The van der Waals surface area contributed by atoms with E-state index in [1.165, 1.54) is 16.8 Å². The summed E-state index contributed by atoms with van der Waals surface area (Å²) in [5.74, 6) is 0.993. The Bertz CT molecular complexity index is 1370. The number of anilines is 1. The predicted octanol–water partition coefficient (Wildman–Crippen LogP) is 2.82. The van der Waals surface area contributed by atoms with Gasteiger partial charge in [-0.15, -0.1) is 0 Å². The maximum Gasteiger partial charge on any atom is 0.292 e. The van der Waals surface area contributed by atoms with Crippen molar-refractivity contribution in [3.05, 3.63) is 58.8 Å². The van der Waals surface area contributed by atoms with Crippen molar-refractivity contribution >= 4 is 27.5 Å². The molecule has 0 unspecified atom stereocenters. The van der Waals surface area contributed by atoms with Crippen LogP contribution in [0.5, 0.6) is 11.5 Å². The largest absolute Gasteiger partial charge is 0.493 e. The highest BCUT2D eigenvalue weighted by atomic mass is 19.1. The smallest absolute Gasteiger partial charge is 0.292 e. The van der Waals surface area contributed by atoms with Crippen molar-refractivity contribution in [2.24, 2.45) is 7.05 Å². The van der Waals surface area contributed by atoms with Gasteiger partial charge in [0, 0.05) is 55.8 Å². The van der Waals surface area contributed by atoms with E-state index in [9.17, 15) is 9.18 Å². The fraction of sp³-hybridized carbons (Fsp3) is 0.333. The molecule has 3 heterocycles. The topological polar surface area (TPSA) is 64.8 Å². The molecule has 0 atom stereocenters. The average molecular weight is 452 g/mol. The Morgan fingerprint density at radius 2 is 1.64 bits per heavy atom. The van der Waals surface area contributed by atoms with Crippen molar-refractivity contribution in [2.45, 2.75) is 6.67 Å². The van der Waals surface area contributed by atoms with Crippen molar-refractivity contribution in [2.75, 3.05) is 45.3 Å². The Morgan fingerprint density at radius 1 is 0.970 bits per heavy atom. The maximum atomic E-state index is 13.4. The lowest BCUT2D eigenvalue weighted by molar-refractivity contribution is 0.192. The minimum atomic E-state index is -0.233. The van der Waals surface area contributed by atoms with Gasteiger partial charge in [-0.3, -0.25) is 9.69 Å². The van der Waals surface area contributed by atoms with Gasteiger partial charge in [0.1, 0.15) is 11.3 Å². The summed E-state index contributed by atoms with van der Waals surface area (Å²) in [7, 11) is 5.07. The summed E-state index contributed by atoms with van der Waals surface area (Å²) in [5.41, 5.74) is 2.35. The lowest BCUT2D eigenvalue weighted by atomic mass is 10.2. The second kappa shape index (κ2) is 8.40. The molecule has 0 aliphatic carbocycles. The van der Waals surface area contributed by atoms with E-state index in [4.69, 9.17) is 9.47 Å². The van der Waals surface area contributed by atoms with Crippen LogP contribution in [0.3, 0.4) is 0 Å². The van der Waals surface area contributed by atoms with Crippen molar-refractivity contribution in [1.82, 2.24) is 19.2 Å². The number of benzene rings is 2. The number of ether oxygens (including phenoxy) is 2. The number of nitrogens with zero attached hydrogens (tertiary/aromatic N) is 5. The summed E-state index contributed by atoms with van der Waals surface area (Å²) in [5, 5.41) is 6.16. The van der Waals surface area contributed by atoms with Crippen LogP contribution >= 0.6 is 0 Å². The number of halogens is 1. The van der Waals surface area contributed by atoms with E-state index in [1.807, 2.05) is 23.7 Å². The fourth-order valence-corrected chi connectivity index (χ4v) is 4.57. The number of methoxy groups -OCH3 is 2. The van der Waals surface area contributed by atoms with Crippen LogP contribution in [-0.4, -0.2) is 59.6 Å². The first-order chi connectivity index (χ1) is 16.0. The van der Waals surface area contributed by atoms with E-state index >= 15 is 0 Å². The number of hydrogen-bond acceptors (Lipinski definition) is 6. The summed E-state index contributed by atoms with van der Waals surface area (Å²) < 4.78 is 27.5. The standard InChI is InChI=1S/C24H26FN5O3/c1-27-20-13-22(33-3)21(32-2)12-18(20)19-14-26-30(24(31)23(19)27)15-28-8-10-29(11-9-28)17-6-4-16(25)5-7-17/h4-7,12-14H,8-11,15H2,1-3H3. The molecule has 4 aromatic rings. The van der Waals surface area contributed by atoms with Gasteiger partial charge >= 0.3 is 0 Å². The third-order valence-corrected chi connectivity index (χ3v) is 6.41. The summed E-state index contributed by atoms with van der Waals surface area (Å²) >= 11 is 0. The van der Waals surface area contributed by atoms with E-state index in [1.54, 1.807) is 32.5 Å². The molecule has 9 heteroatoms. The van der Waals surface area contributed by atoms with Crippen LogP contribution in [0.15, 0.2) is 47.4 Å². The van der Waals surface area contributed by atoms with Gasteiger partial charge < -0.3 is 18.9 Å². The molecule has 1 aliphatic heterocycles. The molecule has 33 heavy (non-hydrogen) atoms. The van der Waals surface area contributed by atoms with Gasteiger partial charge in [-0.05, 0) is 30.3 Å². The van der Waals surface area contributed by atoms with Gasteiger partial charge in [0.2, 0.25) is 0 Å². The van der Waals surface area contributed by atoms with Crippen LogP contribution in [0.1, 0.15) is 0 Å². The molecular formula is C24H26FN5O3. The molecule has 5 rings (SSSR count). The Morgan fingerprint density at radius 3 is 2.30 bits per heavy atom. The molecule has 0 amide bonds. The van der Waals surface area contributed by atoms with Crippen molar-refractivity contribution in [3.63, 3.8) is 0 Å². The van der Waals surface area contributed by atoms with Gasteiger partial charge in [0.25, 0.3) is 5.56 Å². The van der Waals surface area contributed by atoms with Crippen LogP contribution in [0.2, 0.25) is 0 Å². The summed E-state index contributed by atoms with van der Waals surface area (Å²) in [6, 6.07) is 10.3. The van der Waals surface area contributed by atoms with E-state index < -0.39 is 0 Å². The SMILES string of the molecule is COc1cc2c3cnn(CN4CCN(c5ccc(F)cc5)CC4)c(=O)c3n(C)c2cc1OC. The molecule has 2 aromatic heterocycles. The van der Waals surface area contributed by atoms with E-state index in [-0.39, 0.29) is 11.4 Å². The fourth-order valence-electron chi connectivity index (χ4n) is 4.57. The predicted molar refractivity (Wildman–Crippen MR) is 126 cm³/mol. The number of piperazine rings is 1. The van der Waals surface area contributed by atoms with Gasteiger partial charge in [0.05, 0.1) is 32.6 Å². The zero-order valence-electron chi connectivity index (χ0n) is 18.9. The molecule has 0 spiro atoms. The Balaban J connectivity index is 1.41. The van der Waals surface area contributed by atoms with Crippen LogP contribution in [0.4, 0.5) is 10.1 Å². The highest BCUT2D eigenvalue weighted by Gasteiger charge is 2.21. The molecule has 0 saturated carbocycles. The molecule has 172 valence electrons. The molecule has 2 aromatic carbocycles. The summed E-state index contributed by atoms with van der Waals surface area (Å²) in [6.45, 7) is 3.59. The highest BCUT2D eigenvalue weighted by Crippen LogP contribution is 2.36. The van der Waals surface area contributed by atoms with Crippen LogP contribution < -0.4 is 19.9 Å². The van der Waals surface area contributed by atoms with Gasteiger partial charge in [-0.1, -0.05) is 0 Å². The third kappa shape index (κ3) is 3.68. The zero-order chi connectivity index (χ0) is 23.1. The van der Waals surface area contributed by atoms with Gasteiger partial charge in [0.15, 0.2) is 11.5 Å². The van der Waals surface area contributed by atoms with Gasteiger partial charge in [-0.2, -0.15) is 5.10 Å². The highest BCUT2D eigenvalue weighted by molar-refractivity contribution is 6.08. The van der Waals surface area contributed by atoms with E-state index in [0.717, 1.165) is 48.2 Å². The number of fused-ring (bicyclic) bond motifs is 3. The molecule has 0 N–H and O–H groups in total. The first-order valence-corrected chi connectivity index (χ1v) is 10.8. The van der Waals surface area contributed by atoms with Gasteiger partial charge in [-0.25, -0.2) is 9.07 Å². The Labute approximate surface area is 190 Å². The van der Waals surface area contributed by atoms with E-state index in [0.29, 0.717) is 23.7 Å². The quantitative estimate of drug-likeness (QED) is 0.465. The maximum absolute atomic E-state index is 13.4. The van der Waals surface area contributed by atoms with Crippen molar-refractivity contribution in [3.8, 4) is 11.5 Å². The third-order valence-electron chi connectivity index (χ3n) is 6.41. The first kappa shape index (κ1) is 21.3. The monoisotopic (exact) mass is 451 g/mol. The lowest BCUT2D eigenvalue weighted by Crippen LogP contribution is -2.48. The minimum absolute atomic E-state index is 0.134. The van der Waals surface area contributed by atoms with Crippen molar-refractivity contribution in [1.29, 1.82) is 0 Å². The minimum Gasteiger partial charge on any atom is -0.493 e. The molecule has 1 aliphatic rings. The average Bonchev–Trinajstić information content (AvgIpc) is 3.12. The summed E-state index contributed by atoms with van der Waals surface area (Å²) in [6.07, 6.45) is 1.75. The number of aryl methyl sites for hydroxylation is 1. The second-order valence-corrected chi connectivity index (χ2v) is 8.22. The second-order valence-electron chi connectivity index (χ2n) is 8.22. The molecular weight excluding hydrogens is 425 g/mol. The zero-order valence-corrected chi connectivity index (χ0v) is 18.9. The number of hydrogen-bond donors (Lipinski definition) is 0. The molecule has 1 fully saturated rings. The Kier molecular flexibility index (Phi) is 5.41. The molecule has 0 radical (unpaired) electrons. The molecule has 1 saturated heterocycles. The first-order valence-electron chi connectivity index (χ1n) is 10.8. The number of rotatable bonds is 5. The normalized spacial score (nSPS) is 14.8. The van der Waals surface area contributed by atoms with Crippen LogP contribution in [0, 0.1) is 5.82 Å². The number of aromatic nitrogens is 3.